The molecule has 2 aromatic rings. The minimum atomic E-state index is 0.620. The first-order valence-electron chi connectivity index (χ1n) is 6.78. The fraction of sp³-hybridized carbons (Fsp3) is 0.312. The van der Waals surface area contributed by atoms with Gasteiger partial charge in [-0.25, -0.2) is 0 Å². The lowest BCUT2D eigenvalue weighted by Gasteiger charge is -2.12. The van der Waals surface area contributed by atoms with Gasteiger partial charge in [0.15, 0.2) is 0 Å². The second-order valence-corrected chi connectivity index (χ2v) is 5.10. The lowest BCUT2D eigenvalue weighted by Crippen LogP contribution is -2.14. The average molecular weight is 291 g/mol. The fourth-order valence-electron chi connectivity index (χ4n) is 1.85. The number of halogens is 1. The quantitative estimate of drug-likeness (QED) is 0.804. The molecule has 0 saturated carbocycles. The lowest BCUT2D eigenvalue weighted by atomic mass is 10.2. The molecule has 3 nitrogen and oxygen atoms in total. The van der Waals surface area contributed by atoms with E-state index < -0.39 is 0 Å². The first-order chi connectivity index (χ1) is 9.70. The Morgan fingerprint density at radius 1 is 1.25 bits per heavy atom. The van der Waals surface area contributed by atoms with Gasteiger partial charge in [0.05, 0.1) is 5.02 Å². The van der Waals surface area contributed by atoms with Crippen LogP contribution < -0.4 is 10.1 Å². The second kappa shape index (κ2) is 7.27. The summed E-state index contributed by atoms with van der Waals surface area (Å²) < 4.78 is 5.91. The fourth-order valence-corrected chi connectivity index (χ4v) is 2.13. The van der Waals surface area contributed by atoms with E-state index in [0.29, 0.717) is 10.8 Å². The van der Waals surface area contributed by atoms with E-state index in [1.54, 1.807) is 6.20 Å². The van der Waals surface area contributed by atoms with Crippen LogP contribution in [0, 0.1) is 6.92 Å². The largest absolute Gasteiger partial charge is 0.455 e. The zero-order chi connectivity index (χ0) is 14.4. The summed E-state index contributed by atoms with van der Waals surface area (Å²) in [5.74, 6) is 1.45. The van der Waals surface area contributed by atoms with E-state index in [-0.39, 0.29) is 0 Å². The summed E-state index contributed by atoms with van der Waals surface area (Å²) in [6.07, 6.45) is 4.64. The molecule has 0 aliphatic rings. The van der Waals surface area contributed by atoms with Crippen molar-refractivity contribution in [3.63, 3.8) is 0 Å². The minimum Gasteiger partial charge on any atom is -0.455 e. The number of hydrogen-bond donors (Lipinski definition) is 1. The van der Waals surface area contributed by atoms with E-state index in [2.05, 4.69) is 17.2 Å². The molecule has 1 aromatic carbocycles. The van der Waals surface area contributed by atoms with Gasteiger partial charge in [0.2, 0.25) is 0 Å². The predicted octanol–water partition coefficient (Wildman–Crippen LogP) is 4.34. The van der Waals surface area contributed by atoms with Crippen LogP contribution in [0.3, 0.4) is 0 Å². The molecule has 1 N–H and O–H groups in total. The van der Waals surface area contributed by atoms with Crippen molar-refractivity contribution in [2.24, 2.45) is 0 Å². The number of aromatic nitrogens is 1. The first kappa shape index (κ1) is 14.8. The SMILES string of the molecule is CCCNCc1cnccc1Oc1ccc(C)cc1Cl. The van der Waals surface area contributed by atoms with E-state index >= 15 is 0 Å². The Balaban J connectivity index is 2.16. The van der Waals surface area contributed by atoms with Gasteiger partial charge in [-0.2, -0.15) is 0 Å². The summed E-state index contributed by atoms with van der Waals surface area (Å²) in [5.41, 5.74) is 2.14. The third-order valence-corrected chi connectivity index (χ3v) is 3.20. The smallest absolute Gasteiger partial charge is 0.146 e. The highest BCUT2D eigenvalue weighted by atomic mass is 35.5. The summed E-state index contributed by atoms with van der Waals surface area (Å²) in [6, 6.07) is 7.63. The first-order valence-corrected chi connectivity index (χ1v) is 7.16. The number of rotatable bonds is 6. The molecule has 0 saturated heterocycles. The zero-order valence-corrected chi connectivity index (χ0v) is 12.6. The van der Waals surface area contributed by atoms with Crippen molar-refractivity contribution in [3.8, 4) is 11.5 Å². The zero-order valence-electron chi connectivity index (χ0n) is 11.8. The minimum absolute atomic E-state index is 0.620. The molecule has 0 radical (unpaired) electrons. The van der Waals surface area contributed by atoms with Gasteiger partial charge in [0.25, 0.3) is 0 Å². The molecule has 0 aliphatic heterocycles. The topological polar surface area (TPSA) is 34.2 Å². The molecule has 2 rings (SSSR count). The van der Waals surface area contributed by atoms with Crippen LogP contribution in [0.15, 0.2) is 36.7 Å². The van der Waals surface area contributed by atoms with Crippen molar-refractivity contribution in [3.05, 3.63) is 52.8 Å². The molecule has 0 spiro atoms. The summed E-state index contributed by atoms with van der Waals surface area (Å²) in [7, 11) is 0. The van der Waals surface area contributed by atoms with E-state index in [0.717, 1.165) is 36.4 Å². The molecule has 0 bridgehead atoms. The van der Waals surface area contributed by atoms with Gasteiger partial charge in [0.1, 0.15) is 11.5 Å². The summed E-state index contributed by atoms with van der Waals surface area (Å²) in [6.45, 7) is 5.85. The highest BCUT2D eigenvalue weighted by Gasteiger charge is 2.07. The van der Waals surface area contributed by atoms with Crippen molar-refractivity contribution < 1.29 is 4.74 Å². The lowest BCUT2D eigenvalue weighted by molar-refractivity contribution is 0.471. The predicted molar refractivity (Wildman–Crippen MR) is 82.5 cm³/mol. The van der Waals surface area contributed by atoms with Gasteiger partial charge in [0, 0.05) is 24.5 Å². The monoisotopic (exact) mass is 290 g/mol. The summed E-state index contributed by atoms with van der Waals surface area (Å²) in [5, 5.41) is 3.97. The van der Waals surface area contributed by atoms with E-state index in [1.807, 2.05) is 37.4 Å². The molecular weight excluding hydrogens is 272 g/mol. The molecule has 20 heavy (non-hydrogen) atoms. The Hall–Kier alpha value is -1.58. The number of benzene rings is 1. The molecule has 0 aliphatic carbocycles. The normalized spacial score (nSPS) is 10.6. The van der Waals surface area contributed by atoms with Crippen LogP contribution in [-0.2, 0) is 6.54 Å². The Morgan fingerprint density at radius 2 is 2.10 bits per heavy atom. The highest BCUT2D eigenvalue weighted by molar-refractivity contribution is 6.32. The molecular formula is C16H19ClN2O. The van der Waals surface area contributed by atoms with E-state index in [1.165, 1.54) is 0 Å². The maximum atomic E-state index is 6.20. The van der Waals surface area contributed by atoms with Crippen molar-refractivity contribution in [2.75, 3.05) is 6.54 Å². The highest BCUT2D eigenvalue weighted by Crippen LogP contribution is 2.31. The number of nitrogens with one attached hydrogen (secondary N) is 1. The standard InChI is InChI=1S/C16H19ClN2O/c1-3-7-18-10-13-11-19-8-6-15(13)20-16-5-4-12(2)9-14(16)17/h4-6,8-9,11,18H,3,7,10H2,1-2H3. The van der Waals surface area contributed by atoms with Crippen LogP contribution in [0.5, 0.6) is 11.5 Å². The molecule has 1 heterocycles. The third kappa shape index (κ3) is 3.95. The maximum absolute atomic E-state index is 6.20. The van der Waals surface area contributed by atoms with Gasteiger partial charge >= 0.3 is 0 Å². The molecule has 0 fully saturated rings. The van der Waals surface area contributed by atoms with Gasteiger partial charge in [-0.3, -0.25) is 4.98 Å². The Morgan fingerprint density at radius 3 is 2.85 bits per heavy atom. The Bertz CT molecular complexity index is 572. The van der Waals surface area contributed by atoms with Gasteiger partial charge in [-0.15, -0.1) is 0 Å². The summed E-state index contributed by atoms with van der Waals surface area (Å²) in [4.78, 5) is 4.15. The average Bonchev–Trinajstić information content (AvgIpc) is 2.44. The molecule has 0 amide bonds. The van der Waals surface area contributed by atoms with Crippen LogP contribution in [0.2, 0.25) is 5.02 Å². The molecule has 0 unspecified atom stereocenters. The van der Waals surface area contributed by atoms with E-state index in [9.17, 15) is 0 Å². The van der Waals surface area contributed by atoms with Crippen molar-refractivity contribution in [1.29, 1.82) is 0 Å². The van der Waals surface area contributed by atoms with Crippen molar-refractivity contribution >= 4 is 11.6 Å². The van der Waals surface area contributed by atoms with E-state index in [4.69, 9.17) is 16.3 Å². The van der Waals surface area contributed by atoms with Crippen LogP contribution in [0.4, 0.5) is 0 Å². The summed E-state index contributed by atoms with van der Waals surface area (Å²) >= 11 is 6.20. The Labute approximate surface area is 124 Å². The molecule has 4 heteroatoms. The van der Waals surface area contributed by atoms with Crippen molar-refractivity contribution in [1.82, 2.24) is 10.3 Å². The third-order valence-electron chi connectivity index (χ3n) is 2.91. The van der Waals surface area contributed by atoms with Crippen LogP contribution in [-0.4, -0.2) is 11.5 Å². The molecule has 0 atom stereocenters. The maximum Gasteiger partial charge on any atom is 0.146 e. The second-order valence-electron chi connectivity index (χ2n) is 4.70. The van der Waals surface area contributed by atoms with Crippen molar-refractivity contribution in [2.45, 2.75) is 26.8 Å². The number of aryl methyl sites for hydroxylation is 1. The van der Waals surface area contributed by atoms with Crippen LogP contribution in [0.1, 0.15) is 24.5 Å². The number of nitrogens with zero attached hydrogens (tertiary/aromatic N) is 1. The van der Waals surface area contributed by atoms with Gasteiger partial charge < -0.3 is 10.1 Å². The molecule has 1 aromatic heterocycles. The number of hydrogen-bond acceptors (Lipinski definition) is 3. The Kier molecular flexibility index (Phi) is 5.39. The number of pyridine rings is 1. The van der Waals surface area contributed by atoms with Crippen LogP contribution >= 0.6 is 11.6 Å². The van der Waals surface area contributed by atoms with Gasteiger partial charge in [-0.05, 0) is 43.7 Å². The number of ether oxygens (including phenoxy) is 1. The molecule has 106 valence electrons. The van der Waals surface area contributed by atoms with Crippen LogP contribution in [0.25, 0.3) is 0 Å². The van der Waals surface area contributed by atoms with Gasteiger partial charge in [-0.1, -0.05) is 24.6 Å².